The maximum absolute atomic E-state index is 12.4. The Labute approximate surface area is 168 Å². The van der Waals surface area contributed by atoms with Crippen LogP contribution < -0.4 is 15.4 Å². The molecule has 0 bridgehead atoms. The predicted octanol–water partition coefficient (Wildman–Crippen LogP) is -0.865. The minimum atomic E-state index is -1.57. The summed E-state index contributed by atoms with van der Waals surface area (Å²) in [5, 5.41) is 24.7. The molecule has 1 saturated heterocycles. The van der Waals surface area contributed by atoms with Crippen LogP contribution in [0.25, 0.3) is 0 Å². The van der Waals surface area contributed by atoms with Gasteiger partial charge in [0.15, 0.2) is 6.04 Å². The average molecular weight is 409 g/mol. The van der Waals surface area contributed by atoms with Gasteiger partial charge < -0.3 is 30.3 Å². The lowest BCUT2D eigenvalue weighted by Gasteiger charge is -2.27. The number of carbonyl (C=O) groups excluding carboxylic acids is 2. The van der Waals surface area contributed by atoms with Crippen LogP contribution in [0, 0.1) is 0 Å². The van der Waals surface area contributed by atoms with E-state index < -0.39 is 30.1 Å². The Kier molecular flexibility index (Phi) is 8.37. The number of nitrogens with one attached hydrogen (secondary N) is 2. The third-order valence-electron chi connectivity index (χ3n) is 4.58. The number of aliphatic hydroxyl groups is 1. The molecule has 0 radical (unpaired) electrons. The minimum Gasteiger partial charge on any atom is -0.497 e. The van der Waals surface area contributed by atoms with Gasteiger partial charge in [0.1, 0.15) is 17.9 Å². The molecule has 0 saturated carbocycles. The van der Waals surface area contributed by atoms with Gasteiger partial charge in [0, 0.05) is 13.1 Å². The molecule has 160 valence electrons. The van der Waals surface area contributed by atoms with Crippen molar-refractivity contribution in [3.05, 3.63) is 29.8 Å². The van der Waals surface area contributed by atoms with Crippen molar-refractivity contribution in [3.63, 3.8) is 0 Å². The highest BCUT2D eigenvalue weighted by Crippen LogP contribution is 2.20. The topological polar surface area (TPSA) is 137 Å². The van der Waals surface area contributed by atoms with E-state index in [0.29, 0.717) is 37.6 Å². The van der Waals surface area contributed by atoms with Crippen molar-refractivity contribution < 1.29 is 34.1 Å². The van der Waals surface area contributed by atoms with E-state index in [1.165, 1.54) is 26.2 Å². The molecule has 2 rings (SSSR count). The Morgan fingerprint density at radius 2 is 1.79 bits per heavy atom. The van der Waals surface area contributed by atoms with Crippen molar-refractivity contribution in [3.8, 4) is 5.75 Å². The molecule has 3 atom stereocenters. The van der Waals surface area contributed by atoms with Gasteiger partial charge in [-0.1, -0.05) is 12.1 Å². The molecule has 1 aromatic rings. The van der Waals surface area contributed by atoms with Gasteiger partial charge in [0.05, 0.1) is 26.9 Å². The zero-order chi connectivity index (χ0) is 21.4. The van der Waals surface area contributed by atoms with Gasteiger partial charge in [-0.25, -0.2) is 4.79 Å². The first-order valence-electron chi connectivity index (χ1n) is 9.26. The Morgan fingerprint density at radius 1 is 1.17 bits per heavy atom. The van der Waals surface area contributed by atoms with Crippen LogP contribution in [-0.2, 0) is 19.1 Å². The largest absolute Gasteiger partial charge is 0.497 e. The molecule has 1 aliphatic rings. The molecule has 1 fully saturated rings. The second-order valence-electron chi connectivity index (χ2n) is 6.72. The summed E-state index contributed by atoms with van der Waals surface area (Å²) < 4.78 is 10.2. The number of morpholine rings is 1. The van der Waals surface area contributed by atoms with E-state index in [0.717, 1.165) is 0 Å². The lowest BCUT2D eigenvalue weighted by Crippen LogP contribution is -2.53. The molecule has 0 aromatic heterocycles. The van der Waals surface area contributed by atoms with Crippen LogP contribution >= 0.6 is 0 Å². The molecule has 1 aliphatic heterocycles. The molecule has 0 spiro atoms. The molecular formula is C19H27N3O7. The van der Waals surface area contributed by atoms with Crippen LogP contribution in [0.3, 0.4) is 0 Å². The van der Waals surface area contributed by atoms with E-state index in [-0.39, 0.29) is 12.5 Å². The van der Waals surface area contributed by atoms with Crippen LogP contribution in [0.2, 0.25) is 0 Å². The summed E-state index contributed by atoms with van der Waals surface area (Å²) in [5.74, 6) is -1.90. The number of carboxylic acid groups (broad SMARTS) is 1. The number of carboxylic acids is 1. The number of aliphatic hydroxyl groups excluding tert-OH is 1. The molecule has 1 heterocycles. The number of carbonyl (C=O) groups is 3. The van der Waals surface area contributed by atoms with Gasteiger partial charge in [0.25, 0.3) is 0 Å². The normalized spacial score (nSPS) is 17.6. The van der Waals surface area contributed by atoms with Gasteiger partial charge in [-0.15, -0.1) is 0 Å². The lowest BCUT2D eigenvalue weighted by atomic mass is 10.0. The summed E-state index contributed by atoms with van der Waals surface area (Å²) in [6, 6.07) is 3.64. The Bertz CT molecular complexity index is 704. The van der Waals surface area contributed by atoms with E-state index >= 15 is 0 Å². The fraction of sp³-hybridized carbons (Fsp3) is 0.526. The van der Waals surface area contributed by atoms with Crippen LogP contribution in [0.1, 0.15) is 18.6 Å². The monoisotopic (exact) mass is 409 g/mol. The zero-order valence-electron chi connectivity index (χ0n) is 16.5. The molecule has 0 aliphatic carbocycles. The van der Waals surface area contributed by atoms with E-state index in [2.05, 4.69) is 10.6 Å². The van der Waals surface area contributed by atoms with Crippen molar-refractivity contribution in [2.75, 3.05) is 40.0 Å². The molecule has 29 heavy (non-hydrogen) atoms. The number of nitrogens with zero attached hydrogens (tertiary/aromatic N) is 1. The quantitative estimate of drug-likeness (QED) is 0.413. The van der Waals surface area contributed by atoms with Crippen LogP contribution in [-0.4, -0.2) is 84.9 Å². The van der Waals surface area contributed by atoms with E-state index in [1.54, 1.807) is 12.1 Å². The van der Waals surface area contributed by atoms with Crippen LogP contribution in [0.4, 0.5) is 0 Å². The highest BCUT2D eigenvalue weighted by molar-refractivity contribution is 5.90. The third-order valence-corrected chi connectivity index (χ3v) is 4.58. The minimum absolute atomic E-state index is 0.123. The summed E-state index contributed by atoms with van der Waals surface area (Å²) in [4.78, 5) is 38.0. The SMILES string of the molecule is COc1ccc([C@@H](O)[C@H](NC(=O)C(C)NC(=O)CN2CCOCC2)C(=O)O)cc1. The van der Waals surface area contributed by atoms with Crippen molar-refractivity contribution in [1.82, 2.24) is 15.5 Å². The van der Waals surface area contributed by atoms with Gasteiger partial charge in [0.2, 0.25) is 11.8 Å². The molecule has 1 aromatic carbocycles. The van der Waals surface area contributed by atoms with Gasteiger partial charge in [-0.3, -0.25) is 14.5 Å². The predicted molar refractivity (Wildman–Crippen MR) is 102 cm³/mol. The van der Waals surface area contributed by atoms with Crippen molar-refractivity contribution in [2.45, 2.75) is 25.1 Å². The van der Waals surface area contributed by atoms with Crippen molar-refractivity contribution >= 4 is 17.8 Å². The number of hydrogen-bond donors (Lipinski definition) is 4. The van der Waals surface area contributed by atoms with Crippen LogP contribution in [0.5, 0.6) is 5.75 Å². The molecular weight excluding hydrogens is 382 g/mol. The molecule has 10 nitrogen and oxygen atoms in total. The highest BCUT2D eigenvalue weighted by atomic mass is 16.5. The Morgan fingerprint density at radius 3 is 2.34 bits per heavy atom. The van der Waals surface area contributed by atoms with Gasteiger partial charge >= 0.3 is 5.97 Å². The summed E-state index contributed by atoms with van der Waals surface area (Å²) in [5.41, 5.74) is 0.308. The zero-order valence-corrected chi connectivity index (χ0v) is 16.5. The Hall–Kier alpha value is -2.69. The number of methoxy groups -OCH3 is 1. The average Bonchev–Trinajstić information content (AvgIpc) is 2.71. The highest BCUT2D eigenvalue weighted by Gasteiger charge is 2.31. The molecule has 1 unspecified atom stereocenters. The van der Waals surface area contributed by atoms with Crippen LogP contribution in [0.15, 0.2) is 24.3 Å². The lowest BCUT2D eigenvalue weighted by molar-refractivity contribution is -0.145. The van der Waals surface area contributed by atoms with E-state index in [1.807, 2.05) is 4.90 Å². The number of benzene rings is 1. The number of ether oxygens (including phenoxy) is 2. The second kappa shape index (κ2) is 10.7. The van der Waals surface area contributed by atoms with E-state index in [4.69, 9.17) is 9.47 Å². The van der Waals surface area contributed by atoms with Crippen molar-refractivity contribution in [1.29, 1.82) is 0 Å². The standard InChI is InChI=1S/C19H27N3O7/c1-12(20-15(23)11-22-7-9-29-10-8-22)18(25)21-16(19(26)27)17(24)13-3-5-14(28-2)6-4-13/h3-6,12,16-17,24H,7-11H2,1-2H3,(H,20,23)(H,21,25)(H,26,27)/t12?,16-,17+/m0/s1. The number of rotatable bonds is 9. The molecule has 4 N–H and O–H groups in total. The number of amides is 2. The van der Waals surface area contributed by atoms with E-state index in [9.17, 15) is 24.6 Å². The first kappa shape index (κ1) is 22.6. The summed E-state index contributed by atoms with van der Waals surface area (Å²) in [6.07, 6.45) is -1.47. The first-order chi connectivity index (χ1) is 13.8. The van der Waals surface area contributed by atoms with Crippen molar-refractivity contribution in [2.24, 2.45) is 0 Å². The summed E-state index contributed by atoms with van der Waals surface area (Å²) in [6.45, 7) is 3.93. The first-order valence-corrected chi connectivity index (χ1v) is 9.26. The molecule has 10 heteroatoms. The number of aliphatic carboxylic acids is 1. The number of hydrogen-bond acceptors (Lipinski definition) is 7. The van der Waals surface area contributed by atoms with Gasteiger partial charge in [-0.2, -0.15) is 0 Å². The smallest absolute Gasteiger partial charge is 0.329 e. The molecule has 2 amide bonds. The fourth-order valence-corrected chi connectivity index (χ4v) is 2.86. The van der Waals surface area contributed by atoms with Gasteiger partial charge in [-0.05, 0) is 24.6 Å². The maximum atomic E-state index is 12.4. The fourth-order valence-electron chi connectivity index (χ4n) is 2.86. The Balaban J connectivity index is 1.93. The third kappa shape index (κ3) is 6.70. The maximum Gasteiger partial charge on any atom is 0.329 e. The second-order valence-corrected chi connectivity index (χ2v) is 6.72. The summed E-state index contributed by atoms with van der Waals surface area (Å²) >= 11 is 0. The summed E-state index contributed by atoms with van der Waals surface area (Å²) in [7, 11) is 1.49.